The highest BCUT2D eigenvalue weighted by Crippen LogP contribution is 2.26. The maximum atomic E-state index is 11.9. The number of rotatable bonds is 8. The van der Waals surface area contributed by atoms with Crippen LogP contribution in [0.1, 0.15) is 16.7 Å². The Morgan fingerprint density at radius 2 is 1.77 bits per heavy atom. The van der Waals surface area contributed by atoms with Gasteiger partial charge in [0.05, 0.1) is 17.2 Å². The second-order valence-electron chi connectivity index (χ2n) is 6.62. The Balaban J connectivity index is 1.47. The fourth-order valence-electron chi connectivity index (χ4n) is 2.53. The number of ether oxygens (including phenoxy) is 1. The number of aryl methyl sites for hydroxylation is 1. The summed E-state index contributed by atoms with van der Waals surface area (Å²) in [4.78, 5) is 11.9. The SMILES string of the molecule is Cc1ccc(NCC(=O)N/N=C\c2ccc(OCc3ccc(Br)cc3)c(Br)c2)cc1. The number of hydrazone groups is 1. The van der Waals surface area contributed by atoms with Gasteiger partial charge < -0.3 is 10.1 Å². The average Bonchev–Trinajstić information content (AvgIpc) is 2.74. The minimum Gasteiger partial charge on any atom is -0.488 e. The fraction of sp³-hybridized carbons (Fsp3) is 0.130. The van der Waals surface area contributed by atoms with Gasteiger partial charge in [-0.2, -0.15) is 5.10 Å². The molecule has 3 aromatic carbocycles. The smallest absolute Gasteiger partial charge is 0.259 e. The predicted molar refractivity (Wildman–Crippen MR) is 128 cm³/mol. The molecule has 0 heterocycles. The number of halogens is 2. The van der Waals surface area contributed by atoms with Crippen molar-refractivity contribution in [1.82, 2.24) is 5.43 Å². The Labute approximate surface area is 192 Å². The molecule has 0 aliphatic heterocycles. The van der Waals surface area contributed by atoms with Gasteiger partial charge in [-0.05, 0) is 76.4 Å². The molecule has 5 nitrogen and oxygen atoms in total. The highest BCUT2D eigenvalue weighted by Gasteiger charge is 2.04. The molecular weight excluding hydrogens is 510 g/mol. The molecule has 0 bridgehead atoms. The van der Waals surface area contributed by atoms with Crippen LogP contribution in [0.2, 0.25) is 0 Å². The number of amides is 1. The first-order chi connectivity index (χ1) is 14.5. The number of anilines is 1. The molecule has 2 N–H and O–H groups in total. The van der Waals surface area contributed by atoms with E-state index in [1.807, 2.05) is 73.7 Å². The van der Waals surface area contributed by atoms with E-state index in [9.17, 15) is 4.79 Å². The quantitative estimate of drug-likeness (QED) is 0.292. The lowest BCUT2D eigenvalue weighted by atomic mass is 10.2. The molecule has 0 atom stereocenters. The largest absolute Gasteiger partial charge is 0.488 e. The molecule has 0 radical (unpaired) electrons. The third-order valence-corrected chi connectivity index (χ3v) is 5.32. The van der Waals surface area contributed by atoms with Crippen molar-refractivity contribution in [1.29, 1.82) is 0 Å². The summed E-state index contributed by atoms with van der Waals surface area (Å²) in [6.07, 6.45) is 1.59. The zero-order valence-electron chi connectivity index (χ0n) is 16.4. The van der Waals surface area contributed by atoms with Gasteiger partial charge in [-0.1, -0.05) is 45.8 Å². The average molecular weight is 531 g/mol. The zero-order valence-corrected chi connectivity index (χ0v) is 19.5. The summed E-state index contributed by atoms with van der Waals surface area (Å²) in [5, 5.41) is 7.06. The third-order valence-electron chi connectivity index (χ3n) is 4.17. The molecule has 0 spiro atoms. The lowest BCUT2D eigenvalue weighted by Gasteiger charge is -2.09. The first kappa shape index (κ1) is 22.1. The van der Waals surface area contributed by atoms with E-state index in [0.29, 0.717) is 6.61 Å². The van der Waals surface area contributed by atoms with Gasteiger partial charge in [0.15, 0.2) is 0 Å². The number of hydrogen-bond donors (Lipinski definition) is 2. The molecule has 0 aliphatic rings. The zero-order chi connectivity index (χ0) is 21.3. The highest BCUT2D eigenvalue weighted by atomic mass is 79.9. The number of hydrogen-bond acceptors (Lipinski definition) is 4. The number of nitrogens with zero attached hydrogens (tertiary/aromatic N) is 1. The van der Waals surface area contributed by atoms with Crippen molar-refractivity contribution in [3.63, 3.8) is 0 Å². The van der Waals surface area contributed by atoms with Gasteiger partial charge in [-0.25, -0.2) is 5.43 Å². The van der Waals surface area contributed by atoms with Crippen LogP contribution in [0.4, 0.5) is 5.69 Å². The second kappa shape index (κ2) is 10.9. The number of carbonyl (C=O) groups excluding carboxylic acids is 1. The number of carbonyl (C=O) groups is 1. The van der Waals surface area contributed by atoms with E-state index in [-0.39, 0.29) is 12.5 Å². The molecule has 1 amide bonds. The Hall–Kier alpha value is -2.64. The second-order valence-corrected chi connectivity index (χ2v) is 8.39. The van der Waals surface area contributed by atoms with Gasteiger partial charge in [0.25, 0.3) is 5.91 Å². The van der Waals surface area contributed by atoms with Crippen molar-refractivity contribution < 1.29 is 9.53 Å². The van der Waals surface area contributed by atoms with E-state index < -0.39 is 0 Å². The Morgan fingerprint density at radius 1 is 1.03 bits per heavy atom. The van der Waals surface area contributed by atoms with Crippen LogP contribution >= 0.6 is 31.9 Å². The van der Waals surface area contributed by atoms with Crippen LogP contribution in [0, 0.1) is 6.92 Å². The maximum absolute atomic E-state index is 11.9. The Kier molecular flexibility index (Phi) is 8.04. The van der Waals surface area contributed by atoms with Crippen LogP contribution in [-0.2, 0) is 11.4 Å². The molecule has 3 rings (SSSR count). The van der Waals surface area contributed by atoms with Crippen LogP contribution in [0.25, 0.3) is 0 Å². The van der Waals surface area contributed by atoms with Crippen molar-refractivity contribution >= 4 is 49.7 Å². The molecule has 0 unspecified atom stereocenters. The lowest BCUT2D eigenvalue weighted by Crippen LogP contribution is -2.25. The molecular formula is C23H21Br2N3O2. The predicted octanol–water partition coefficient (Wildman–Crippen LogP) is 5.66. The minimum atomic E-state index is -0.222. The summed E-state index contributed by atoms with van der Waals surface area (Å²) in [6.45, 7) is 2.64. The molecule has 0 saturated heterocycles. The summed E-state index contributed by atoms with van der Waals surface area (Å²) >= 11 is 6.94. The van der Waals surface area contributed by atoms with E-state index >= 15 is 0 Å². The summed E-state index contributed by atoms with van der Waals surface area (Å²) in [6, 6.07) is 21.5. The normalized spacial score (nSPS) is 10.8. The molecule has 0 saturated carbocycles. The standard InChI is InChI=1S/C23H21Br2N3O2/c1-16-2-9-20(10-3-16)26-14-23(29)28-27-13-18-6-11-22(21(25)12-18)30-15-17-4-7-19(24)8-5-17/h2-13,26H,14-15H2,1H3,(H,28,29)/b27-13-. The van der Waals surface area contributed by atoms with E-state index in [2.05, 4.69) is 47.7 Å². The maximum Gasteiger partial charge on any atom is 0.259 e. The summed E-state index contributed by atoms with van der Waals surface area (Å²) < 4.78 is 7.71. The molecule has 0 aromatic heterocycles. The van der Waals surface area contributed by atoms with Gasteiger partial charge in [0, 0.05) is 10.2 Å². The van der Waals surface area contributed by atoms with Crippen molar-refractivity contribution in [2.75, 3.05) is 11.9 Å². The van der Waals surface area contributed by atoms with Crippen molar-refractivity contribution in [3.8, 4) is 5.75 Å². The van der Waals surface area contributed by atoms with Gasteiger partial charge in [0.1, 0.15) is 12.4 Å². The van der Waals surface area contributed by atoms with Crippen LogP contribution in [0.3, 0.4) is 0 Å². The molecule has 3 aromatic rings. The molecule has 154 valence electrons. The van der Waals surface area contributed by atoms with Crippen LogP contribution < -0.4 is 15.5 Å². The lowest BCUT2D eigenvalue weighted by molar-refractivity contribution is -0.119. The van der Waals surface area contributed by atoms with E-state index in [1.54, 1.807) is 6.21 Å². The first-order valence-electron chi connectivity index (χ1n) is 9.29. The van der Waals surface area contributed by atoms with Crippen molar-refractivity contribution in [2.45, 2.75) is 13.5 Å². The van der Waals surface area contributed by atoms with Crippen LogP contribution in [0.15, 0.2) is 80.8 Å². The molecule has 30 heavy (non-hydrogen) atoms. The number of nitrogens with one attached hydrogen (secondary N) is 2. The fourth-order valence-corrected chi connectivity index (χ4v) is 3.30. The Morgan fingerprint density at radius 3 is 2.47 bits per heavy atom. The number of benzene rings is 3. The van der Waals surface area contributed by atoms with E-state index in [1.165, 1.54) is 5.56 Å². The Bertz CT molecular complexity index is 1020. The van der Waals surface area contributed by atoms with Crippen LogP contribution in [0.5, 0.6) is 5.75 Å². The van der Waals surface area contributed by atoms with E-state index in [0.717, 1.165) is 31.5 Å². The summed E-state index contributed by atoms with van der Waals surface area (Å²) in [5.41, 5.74) is 6.50. The third kappa shape index (κ3) is 7.00. The van der Waals surface area contributed by atoms with Gasteiger partial charge in [0.2, 0.25) is 0 Å². The monoisotopic (exact) mass is 529 g/mol. The highest BCUT2D eigenvalue weighted by molar-refractivity contribution is 9.10. The van der Waals surface area contributed by atoms with Crippen molar-refractivity contribution in [2.24, 2.45) is 5.10 Å². The minimum absolute atomic E-state index is 0.146. The van der Waals surface area contributed by atoms with Gasteiger partial charge in [-0.3, -0.25) is 4.79 Å². The van der Waals surface area contributed by atoms with E-state index in [4.69, 9.17) is 4.74 Å². The van der Waals surface area contributed by atoms with Crippen molar-refractivity contribution in [3.05, 3.63) is 92.4 Å². The summed E-state index contributed by atoms with van der Waals surface area (Å²) in [5.74, 6) is 0.516. The first-order valence-corrected chi connectivity index (χ1v) is 10.9. The van der Waals surface area contributed by atoms with Crippen LogP contribution in [-0.4, -0.2) is 18.7 Å². The molecule has 0 aliphatic carbocycles. The molecule has 7 heteroatoms. The summed E-state index contributed by atoms with van der Waals surface area (Å²) in [7, 11) is 0. The van der Waals surface area contributed by atoms with Gasteiger partial charge >= 0.3 is 0 Å². The molecule has 0 fully saturated rings. The topological polar surface area (TPSA) is 62.7 Å². The van der Waals surface area contributed by atoms with Gasteiger partial charge in [-0.15, -0.1) is 0 Å².